The third-order valence-corrected chi connectivity index (χ3v) is 5.92. The summed E-state index contributed by atoms with van der Waals surface area (Å²) in [6.07, 6.45) is 5.84. The summed E-state index contributed by atoms with van der Waals surface area (Å²) in [6.45, 7) is 2.08. The van der Waals surface area contributed by atoms with Crippen molar-refractivity contribution in [2.24, 2.45) is 11.8 Å². The van der Waals surface area contributed by atoms with Crippen LogP contribution in [0.4, 0.5) is 17.2 Å². The van der Waals surface area contributed by atoms with Crippen LogP contribution in [0.2, 0.25) is 0 Å². The monoisotopic (exact) mass is 414 g/mol. The van der Waals surface area contributed by atoms with Crippen LogP contribution in [0.15, 0.2) is 42.6 Å². The number of carbonyl (C=O) groups is 2. The van der Waals surface area contributed by atoms with Gasteiger partial charge in [-0.15, -0.1) is 12.4 Å². The van der Waals surface area contributed by atoms with E-state index in [1.807, 2.05) is 23.1 Å². The predicted molar refractivity (Wildman–Crippen MR) is 117 cm³/mol. The number of halogens is 1. The van der Waals surface area contributed by atoms with Gasteiger partial charge in [-0.1, -0.05) is 31.0 Å². The zero-order valence-electron chi connectivity index (χ0n) is 16.5. The van der Waals surface area contributed by atoms with Crippen molar-refractivity contribution in [2.75, 3.05) is 16.0 Å². The molecule has 6 nitrogen and oxygen atoms in total. The molecule has 2 heterocycles. The molecule has 1 saturated carbocycles. The number of nitrogen functional groups attached to an aromatic ring is 1. The van der Waals surface area contributed by atoms with E-state index < -0.39 is 0 Å². The van der Waals surface area contributed by atoms with Crippen LogP contribution >= 0.6 is 12.4 Å². The minimum Gasteiger partial charge on any atom is -0.384 e. The number of benzene rings is 1. The van der Waals surface area contributed by atoms with Gasteiger partial charge >= 0.3 is 0 Å². The van der Waals surface area contributed by atoms with E-state index in [-0.39, 0.29) is 42.1 Å². The molecule has 3 unspecified atom stereocenters. The van der Waals surface area contributed by atoms with Crippen molar-refractivity contribution in [3.63, 3.8) is 0 Å². The minimum atomic E-state index is -0.321. The summed E-state index contributed by atoms with van der Waals surface area (Å²) in [4.78, 5) is 32.4. The number of aromatic nitrogens is 1. The van der Waals surface area contributed by atoms with Gasteiger partial charge in [0, 0.05) is 17.6 Å². The Bertz CT molecular complexity index is 887. The van der Waals surface area contributed by atoms with Crippen molar-refractivity contribution in [1.82, 2.24) is 4.98 Å². The number of pyridine rings is 1. The Morgan fingerprint density at radius 3 is 2.55 bits per heavy atom. The van der Waals surface area contributed by atoms with E-state index in [9.17, 15) is 9.59 Å². The van der Waals surface area contributed by atoms with Crippen molar-refractivity contribution in [1.29, 1.82) is 0 Å². The molecule has 154 valence electrons. The molecule has 0 saturated heterocycles. The fourth-order valence-electron chi connectivity index (χ4n) is 4.53. The highest BCUT2D eigenvalue weighted by atomic mass is 35.5. The highest BCUT2D eigenvalue weighted by Crippen LogP contribution is 2.38. The van der Waals surface area contributed by atoms with Gasteiger partial charge in [0.1, 0.15) is 5.82 Å². The Kier molecular flexibility index (Phi) is 6.42. The maximum Gasteiger partial charge on any atom is 0.231 e. The molecular formula is C22H27ClN4O2. The summed E-state index contributed by atoms with van der Waals surface area (Å²) in [5.74, 6) is -0.231. The molecule has 29 heavy (non-hydrogen) atoms. The SMILES string of the molecule is CC1Cc2ccccc2N1C(=O)C1CCCCC1C(=O)Nc1ccc(N)nc1.Cl. The number of nitrogens with zero attached hydrogens (tertiary/aromatic N) is 2. The van der Waals surface area contributed by atoms with Crippen LogP contribution in [0.5, 0.6) is 0 Å². The fraction of sp³-hybridized carbons (Fsp3) is 0.409. The van der Waals surface area contributed by atoms with Crippen molar-refractivity contribution in [3.8, 4) is 0 Å². The average Bonchev–Trinajstić information content (AvgIpc) is 3.05. The van der Waals surface area contributed by atoms with Crippen LogP contribution in [-0.2, 0) is 16.0 Å². The highest BCUT2D eigenvalue weighted by molar-refractivity contribution is 6.02. The van der Waals surface area contributed by atoms with E-state index in [4.69, 9.17) is 5.73 Å². The van der Waals surface area contributed by atoms with E-state index >= 15 is 0 Å². The number of hydrogen-bond donors (Lipinski definition) is 2. The topological polar surface area (TPSA) is 88.3 Å². The first-order valence-electron chi connectivity index (χ1n) is 9.98. The van der Waals surface area contributed by atoms with Gasteiger partial charge in [-0.3, -0.25) is 9.59 Å². The van der Waals surface area contributed by atoms with Crippen LogP contribution in [0.3, 0.4) is 0 Å². The highest BCUT2D eigenvalue weighted by Gasteiger charge is 2.41. The second-order valence-electron chi connectivity index (χ2n) is 7.85. The van der Waals surface area contributed by atoms with Gasteiger partial charge in [0.2, 0.25) is 11.8 Å². The Morgan fingerprint density at radius 1 is 1.10 bits per heavy atom. The molecule has 2 aromatic rings. The minimum absolute atomic E-state index is 0. The van der Waals surface area contributed by atoms with Crippen LogP contribution in [0.25, 0.3) is 0 Å². The van der Waals surface area contributed by atoms with E-state index in [1.54, 1.807) is 18.3 Å². The number of hydrogen-bond acceptors (Lipinski definition) is 4. The van der Waals surface area contributed by atoms with E-state index in [1.165, 1.54) is 5.56 Å². The van der Waals surface area contributed by atoms with Crippen molar-refractivity contribution < 1.29 is 9.59 Å². The Labute approximate surface area is 177 Å². The second-order valence-corrected chi connectivity index (χ2v) is 7.85. The summed E-state index contributed by atoms with van der Waals surface area (Å²) in [7, 11) is 0. The van der Waals surface area contributed by atoms with Crippen molar-refractivity contribution >= 4 is 41.4 Å². The summed E-state index contributed by atoms with van der Waals surface area (Å²) in [6, 6.07) is 11.6. The molecular weight excluding hydrogens is 388 g/mol. The Balaban J connectivity index is 0.00000240. The third kappa shape index (κ3) is 4.22. The van der Waals surface area contributed by atoms with E-state index in [2.05, 4.69) is 23.3 Å². The van der Waals surface area contributed by atoms with Gasteiger partial charge in [-0.25, -0.2) is 4.98 Å². The van der Waals surface area contributed by atoms with Crippen LogP contribution in [0.1, 0.15) is 38.2 Å². The van der Waals surface area contributed by atoms with Crippen LogP contribution < -0.4 is 16.0 Å². The number of amides is 2. The normalized spacial score (nSPS) is 23.1. The molecule has 1 fully saturated rings. The molecule has 3 N–H and O–H groups in total. The lowest BCUT2D eigenvalue weighted by Crippen LogP contribution is -2.46. The molecule has 3 atom stereocenters. The molecule has 2 aliphatic rings. The molecule has 0 bridgehead atoms. The molecule has 7 heteroatoms. The number of para-hydroxylation sites is 1. The van der Waals surface area contributed by atoms with E-state index in [0.717, 1.165) is 37.8 Å². The summed E-state index contributed by atoms with van der Waals surface area (Å²) < 4.78 is 0. The first-order chi connectivity index (χ1) is 13.5. The van der Waals surface area contributed by atoms with Crippen molar-refractivity contribution in [2.45, 2.75) is 45.1 Å². The number of anilines is 3. The summed E-state index contributed by atoms with van der Waals surface area (Å²) >= 11 is 0. The summed E-state index contributed by atoms with van der Waals surface area (Å²) in [5, 5.41) is 2.92. The number of nitrogens with two attached hydrogens (primary N) is 1. The van der Waals surface area contributed by atoms with Gasteiger partial charge in [-0.05, 0) is 49.9 Å². The second kappa shape index (κ2) is 8.82. The lowest BCUT2D eigenvalue weighted by Gasteiger charge is -2.34. The van der Waals surface area contributed by atoms with Crippen LogP contribution in [0, 0.1) is 11.8 Å². The molecule has 1 aromatic heterocycles. The Hall–Kier alpha value is -2.60. The third-order valence-electron chi connectivity index (χ3n) is 5.92. The van der Waals surface area contributed by atoms with E-state index in [0.29, 0.717) is 11.5 Å². The standard InChI is InChI=1S/C22H26N4O2.ClH/c1-14-12-15-6-2-5-9-19(15)26(14)22(28)18-8-4-3-7-17(18)21(27)25-16-10-11-20(23)24-13-16;/h2,5-6,9-11,13-14,17-18H,3-4,7-8,12H2,1H3,(H2,23,24)(H,25,27);1H. The zero-order chi connectivity index (χ0) is 19.7. The average molecular weight is 415 g/mol. The van der Waals surface area contributed by atoms with Crippen LogP contribution in [-0.4, -0.2) is 22.8 Å². The van der Waals surface area contributed by atoms with Gasteiger partial charge in [-0.2, -0.15) is 0 Å². The van der Waals surface area contributed by atoms with Gasteiger partial charge < -0.3 is 16.0 Å². The summed E-state index contributed by atoms with van der Waals surface area (Å²) in [5.41, 5.74) is 8.41. The number of nitrogens with one attached hydrogen (secondary N) is 1. The first kappa shape index (κ1) is 21.1. The molecule has 1 aromatic carbocycles. The largest absolute Gasteiger partial charge is 0.384 e. The fourth-order valence-corrected chi connectivity index (χ4v) is 4.53. The number of rotatable bonds is 3. The molecule has 0 spiro atoms. The number of fused-ring (bicyclic) bond motifs is 1. The maximum atomic E-state index is 13.5. The smallest absolute Gasteiger partial charge is 0.231 e. The van der Waals surface area contributed by atoms with Gasteiger partial charge in [0.25, 0.3) is 0 Å². The van der Waals surface area contributed by atoms with Crippen molar-refractivity contribution in [3.05, 3.63) is 48.2 Å². The molecule has 4 rings (SSSR count). The molecule has 2 amide bonds. The van der Waals surface area contributed by atoms with Gasteiger partial charge in [0.15, 0.2) is 0 Å². The quantitative estimate of drug-likeness (QED) is 0.799. The van der Waals surface area contributed by atoms with Gasteiger partial charge in [0.05, 0.1) is 17.8 Å². The lowest BCUT2D eigenvalue weighted by molar-refractivity contribution is -0.132. The lowest BCUT2D eigenvalue weighted by atomic mass is 9.77. The first-order valence-corrected chi connectivity index (χ1v) is 9.98. The predicted octanol–water partition coefficient (Wildman–Crippen LogP) is 3.81. The number of carbonyl (C=O) groups excluding carboxylic acids is 2. The molecule has 0 radical (unpaired) electrons. The maximum absolute atomic E-state index is 13.5. The zero-order valence-corrected chi connectivity index (χ0v) is 17.3. The molecule has 1 aliphatic heterocycles. The molecule has 1 aliphatic carbocycles. The Morgan fingerprint density at radius 2 is 1.83 bits per heavy atom.